The highest BCUT2D eigenvalue weighted by molar-refractivity contribution is 5.94. The molecule has 0 aromatic heterocycles. The van der Waals surface area contributed by atoms with Crippen LogP contribution in [0.1, 0.15) is 24.2 Å². The summed E-state index contributed by atoms with van der Waals surface area (Å²) in [5.74, 6) is -0.886. The number of rotatable bonds is 2. The summed E-state index contributed by atoms with van der Waals surface area (Å²) in [4.78, 5) is 13.3. The molecule has 1 aromatic rings. The van der Waals surface area contributed by atoms with E-state index < -0.39 is 5.97 Å². The van der Waals surface area contributed by atoms with E-state index in [0.29, 0.717) is 18.8 Å². The number of carbonyl (C=O) groups is 1. The predicted octanol–water partition coefficient (Wildman–Crippen LogP) is 2.00. The maximum absolute atomic E-state index is 11.2. The Hall–Kier alpha value is -1.55. The fourth-order valence-corrected chi connectivity index (χ4v) is 2.19. The van der Waals surface area contributed by atoms with Crippen molar-refractivity contribution in [1.82, 2.24) is 0 Å². The zero-order valence-electron chi connectivity index (χ0n) is 10.1. The number of para-hydroxylation sites is 1. The maximum Gasteiger partial charge on any atom is 0.337 e. The first kappa shape index (κ1) is 11.9. The van der Waals surface area contributed by atoms with Gasteiger partial charge in [0.1, 0.15) is 0 Å². The van der Waals surface area contributed by atoms with Gasteiger partial charge in [-0.2, -0.15) is 0 Å². The number of hydrogen-bond acceptors (Lipinski definition) is 3. The first-order valence-corrected chi connectivity index (χ1v) is 5.70. The second kappa shape index (κ2) is 4.37. The summed E-state index contributed by atoms with van der Waals surface area (Å²) >= 11 is 0. The number of nitrogens with zero attached hydrogens (tertiary/aromatic N) is 1. The fourth-order valence-electron chi connectivity index (χ4n) is 2.19. The first-order chi connectivity index (χ1) is 8.02. The van der Waals surface area contributed by atoms with Gasteiger partial charge in [-0.15, -0.1) is 0 Å². The normalized spacial score (nSPS) is 19.1. The van der Waals surface area contributed by atoms with Gasteiger partial charge >= 0.3 is 5.97 Å². The smallest absolute Gasteiger partial charge is 0.337 e. The Kier molecular flexibility index (Phi) is 3.07. The van der Waals surface area contributed by atoms with Crippen molar-refractivity contribution in [3.8, 4) is 0 Å². The Bertz CT molecular complexity index is 428. The lowest BCUT2D eigenvalue weighted by Gasteiger charge is -2.44. The zero-order valence-corrected chi connectivity index (χ0v) is 10.1. The summed E-state index contributed by atoms with van der Waals surface area (Å²) < 4.78 is 5.45. The molecule has 0 spiro atoms. The quantitative estimate of drug-likeness (QED) is 0.851. The summed E-state index contributed by atoms with van der Waals surface area (Å²) in [6.07, 6.45) is 0. The minimum Gasteiger partial charge on any atom is -0.478 e. The number of hydrogen-bond donors (Lipinski definition) is 1. The molecule has 0 radical (unpaired) electrons. The summed E-state index contributed by atoms with van der Waals surface area (Å²) in [7, 11) is 0. The number of carboxylic acids is 1. The Morgan fingerprint density at radius 1 is 1.41 bits per heavy atom. The molecule has 2 rings (SSSR count). The van der Waals surface area contributed by atoms with E-state index in [-0.39, 0.29) is 5.54 Å². The Balaban J connectivity index is 2.42. The molecule has 0 aliphatic carbocycles. The lowest BCUT2D eigenvalue weighted by molar-refractivity contribution is 0.0629. The van der Waals surface area contributed by atoms with Crippen molar-refractivity contribution in [2.75, 3.05) is 24.7 Å². The molecule has 0 unspecified atom stereocenters. The largest absolute Gasteiger partial charge is 0.478 e. The van der Waals surface area contributed by atoms with Gasteiger partial charge in [-0.1, -0.05) is 12.1 Å². The minimum absolute atomic E-state index is 0.177. The highest BCUT2D eigenvalue weighted by Gasteiger charge is 2.32. The SMILES string of the molecule is CC1(C)COCCN1c1ccccc1C(=O)O. The molecule has 1 aromatic carbocycles. The number of morpholine rings is 1. The van der Waals surface area contributed by atoms with E-state index in [0.717, 1.165) is 12.2 Å². The molecule has 0 saturated carbocycles. The molecular weight excluding hydrogens is 218 g/mol. The number of benzene rings is 1. The van der Waals surface area contributed by atoms with Crippen LogP contribution in [0.15, 0.2) is 24.3 Å². The number of anilines is 1. The van der Waals surface area contributed by atoms with Crippen molar-refractivity contribution in [2.45, 2.75) is 19.4 Å². The van der Waals surface area contributed by atoms with Crippen molar-refractivity contribution in [1.29, 1.82) is 0 Å². The van der Waals surface area contributed by atoms with Gasteiger partial charge in [-0.3, -0.25) is 0 Å². The number of ether oxygens (including phenoxy) is 1. The third-order valence-electron chi connectivity index (χ3n) is 3.07. The van der Waals surface area contributed by atoms with Crippen LogP contribution in [0.4, 0.5) is 5.69 Å². The summed E-state index contributed by atoms with van der Waals surface area (Å²) in [5, 5.41) is 9.21. The van der Waals surface area contributed by atoms with E-state index in [9.17, 15) is 9.90 Å². The van der Waals surface area contributed by atoms with Crippen LogP contribution in [0.5, 0.6) is 0 Å². The second-order valence-corrected chi connectivity index (χ2v) is 4.84. The summed E-state index contributed by atoms with van der Waals surface area (Å²) in [6.45, 7) is 6.09. The molecule has 17 heavy (non-hydrogen) atoms. The lowest BCUT2D eigenvalue weighted by atomic mass is 9.99. The molecule has 1 N–H and O–H groups in total. The molecule has 0 amide bonds. The third kappa shape index (κ3) is 2.26. The number of carboxylic acid groups (broad SMARTS) is 1. The van der Waals surface area contributed by atoms with Crippen LogP contribution in [-0.4, -0.2) is 36.4 Å². The molecule has 1 heterocycles. The van der Waals surface area contributed by atoms with Gasteiger partial charge in [0.25, 0.3) is 0 Å². The first-order valence-electron chi connectivity index (χ1n) is 5.70. The van der Waals surface area contributed by atoms with Gasteiger partial charge in [0.05, 0.1) is 30.0 Å². The molecule has 0 atom stereocenters. The van der Waals surface area contributed by atoms with E-state index in [4.69, 9.17) is 4.74 Å². The highest BCUT2D eigenvalue weighted by Crippen LogP contribution is 2.29. The van der Waals surface area contributed by atoms with Gasteiger partial charge in [-0.05, 0) is 26.0 Å². The average molecular weight is 235 g/mol. The van der Waals surface area contributed by atoms with Crippen molar-refractivity contribution in [3.05, 3.63) is 29.8 Å². The van der Waals surface area contributed by atoms with Gasteiger partial charge in [0.15, 0.2) is 0 Å². The Morgan fingerprint density at radius 2 is 2.12 bits per heavy atom. The van der Waals surface area contributed by atoms with Crippen molar-refractivity contribution in [3.63, 3.8) is 0 Å². The van der Waals surface area contributed by atoms with E-state index >= 15 is 0 Å². The predicted molar refractivity (Wildman–Crippen MR) is 65.6 cm³/mol. The molecule has 1 saturated heterocycles. The molecule has 0 bridgehead atoms. The Labute approximate surface area is 101 Å². The van der Waals surface area contributed by atoms with Crippen LogP contribution in [0.25, 0.3) is 0 Å². The van der Waals surface area contributed by atoms with E-state index in [1.165, 1.54) is 0 Å². The van der Waals surface area contributed by atoms with Gasteiger partial charge in [0, 0.05) is 6.54 Å². The monoisotopic (exact) mass is 235 g/mol. The van der Waals surface area contributed by atoms with Crippen molar-refractivity contribution >= 4 is 11.7 Å². The topological polar surface area (TPSA) is 49.8 Å². The van der Waals surface area contributed by atoms with Crippen LogP contribution >= 0.6 is 0 Å². The van der Waals surface area contributed by atoms with Crippen LogP contribution in [-0.2, 0) is 4.74 Å². The van der Waals surface area contributed by atoms with Crippen LogP contribution in [0.2, 0.25) is 0 Å². The molecule has 4 nitrogen and oxygen atoms in total. The minimum atomic E-state index is -0.886. The van der Waals surface area contributed by atoms with Crippen molar-refractivity contribution in [2.24, 2.45) is 0 Å². The van der Waals surface area contributed by atoms with Gasteiger partial charge < -0.3 is 14.7 Å². The molecule has 1 fully saturated rings. The van der Waals surface area contributed by atoms with Crippen LogP contribution in [0.3, 0.4) is 0 Å². The zero-order chi connectivity index (χ0) is 12.5. The summed E-state index contributed by atoms with van der Waals surface area (Å²) in [6, 6.07) is 7.12. The standard InChI is InChI=1S/C13H17NO3/c1-13(2)9-17-8-7-14(13)11-6-4-3-5-10(11)12(15)16/h3-6H,7-9H2,1-2H3,(H,15,16). The van der Waals surface area contributed by atoms with Crippen LogP contribution < -0.4 is 4.90 Å². The van der Waals surface area contributed by atoms with Gasteiger partial charge in [-0.25, -0.2) is 4.79 Å². The third-order valence-corrected chi connectivity index (χ3v) is 3.07. The highest BCUT2D eigenvalue weighted by atomic mass is 16.5. The number of aromatic carboxylic acids is 1. The fraction of sp³-hybridized carbons (Fsp3) is 0.462. The molecule has 4 heteroatoms. The molecule has 92 valence electrons. The van der Waals surface area contributed by atoms with E-state index in [1.807, 2.05) is 12.1 Å². The average Bonchev–Trinajstić information content (AvgIpc) is 2.28. The van der Waals surface area contributed by atoms with Crippen molar-refractivity contribution < 1.29 is 14.6 Å². The van der Waals surface area contributed by atoms with E-state index in [1.54, 1.807) is 12.1 Å². The van der Waals surface area contributed by atoms with Crippen LogP contribution in [0, 0.1) is 0 Å². The van der Waals surface area contributed by atoms with E-state index in [2.05, 4.69) is 18.7 Å². The van der Waals surface area contributed by atoms with Gasteiger partial charge in [0.2, 0.25) is 0 Å². The maximum atomic E-state index is 11.2. The molecule has 1 aliphatic heterocycles. The summed E-state index contributed by atoms with van der Waals surface area (Å²) in [5.41, 5.74) is 0.944. The second-order valence-electron chi connectivity index (χ2n) is 4.84. The molecule has 1 aliphatic rings. The molecular formula is C13H17NO3. The Morgan fingerprint density at radius 3 is 2.76 bits per heavy atom. The lowest BCUT2D eigenvalue weighted by Crippen LogP contribution is -2.53.